The highest BCUT2D eigenvalue weighted by Gasteiger charge is 2.13. The summed E-state index contributed by atoms with van der Waals surface area (Å²) in [6.07, 6.45) is 2.72. The number of aliphatic hydroxyl groups excluding tert-OH is 1. The van der Waals surface area contributed by atoms with Crippen LogP contribution < -0.4 is 10.6 Å². The van der Waals surface area contributed by atoms with Crippen LogP contribution in [0.4, 0.5) is 5.69 Å². The number of amides is 1. The van der Waals surface area contributed by atoms with Crippen LogP contribution in [0.15, 0.2) is 18.2 Å². The lowest BCUT2D eigenvalue weighted by molar-refractivity contribution is 0.0934. The molecule has 1 unspecified atom stereocenters. The van der Waals surface area contributed by atoms with E-state index in [4.69, 9.17) is 5.11 Å². The Morgan fingerprint density at radius 2 is 2.39 bits per heavy atom. The normalized spacial score (nSPS) is 15.4. The molecule has 0 radical (unpaired) electrons. The molecule has 4 heteroatoms. The third-order valence-corrected chi connectivity index (χ3v) is 3.25. The van der Waals surface area contributed by atoms with E-state index in [0.717, 1.165) is 25.1 Å². The molecule has 3 N–H and O–H groups in total. The summed E-state index contributed by atoms with van der Waals surface area (Å²) >= 11 is 0. The number of carbonyl (C=O) groups excluding carboxylic acids is 1. The molecule has 0 saturated carbocycles. The average Bonchev–Trinajstić information content (AvgIpc) is 2.38. The van der Waals surface area contributed by atoms with E-state index in [2.05, 4.69) is 10.6 Å². The fraction of sp³-hybridized carbons (Fsp3) is 0.500. The molecule has 1 aromatic rings. The number of rotatable bonds is 4. The number of aliphatic hydroxyl groups is 1. The minimum atomic E-state index is -0.0654. The van der Waals surface area contributed by atoms with Crippen molar-refractivity contribution in [1.29, 1.82) is 0 Å². The van der Waals surface area contributed by atoms with Gasteiger partial charge in [-0.2, -0.15) is 0 Å². The van der Waals surface area contributed by atoms with Crippen molar-refractivity contribution >= 4 is 11.6 Å². The first-order valence-electron chi connectivity index (χ1n) is 6.49. The van der Waals surface area contributed by atoms with Crippen molar-refractivity contribution in [3.05, 3.63) is 29.3 Å². The maximum Gasteiger partial charge on any atom is 0.251 e. The van der Waals surface area contributed by atoms with Gasteiger partial charge in [0.15, 0.2) is 0 Å². The van der Waals surface area contributed by atoms with Crippen molar-refractivity contribution in [3.8, 4) is 0 Å². The predicted octanol–water partition coefficient (Wildman–Crippen LogP) is 1.55. The van der Waals surface area contributed by atoms with Crippen LogP contribution in [0.1, 0.15) is 35.7 Å². The molecule has 0 spiro atoms. The molecule has 4 nitrogen and oxygen atoms in total. The summed E-state index contributed by atoms with van der Waals surface area (Å²) in [5.74, 6) is -0.0654. The summed E-state index contributed by atoms with van der Waals surface area (Å²) in [6, 6.07) is 5.78. The van der Waals surface area contributed by atoms with E-state index in [-0.39, 0.29) is 18.6 Å². The first-order valence-corrected chi connectivity index (χ1v) is 6.49. The molecule has 0 aliphatic carbocycles. The zero-order valence-corrected chi connectivity index (χ0v) is 10.7. The lowest BCUT2D eigenvalue weighted by atomic mass is 10.0. The van der Waals surface area contributed by atoms with Crippen molar-refractivity contribution in [3.63, 3.8) is 0 Å². The Morgan fingerprint density at radius 1 is 1.56 bits per heavy atom. The van der Waals surface area contributed by atoms with Gasteiger partial charge in [0.25, 0.3) is 5.91 Å². The molecule has 1 aliphatic heterocycles. The van der Waals surface area contributed by atoms with Crippen LogP contribution in [0.25, 0.3) is 0 Å². The predicted molar refractivity (Wildman–Crippen MR) is 71.9 cm³/mol. The van der Waals surface area contributed by atoms with Gasteiger partial charge in [0.05, 0.1) is 0 Å². The van der Waals surface area contributed by atoms with Crippen molar-refractivity contribution < 1.29 is 9.90 Å². The zero-order valence-electron chi connectivity index (χ0n) is 10.7. The second-order valence-electron chi connectivity index (χ2n) is 4.79. The Bertz CT molecular complexity index is 432. The van der Waals surface area contributed by atoms with E-state index in [1.165, 1.54) is 5.56 Å². The van der Waals surface area contributed by atoms with Gasteiger partial charge >= 0.3 is 0 Å². The molecule has 0 saturated heterocycles. The zero-order chi connectivity index (χ0) is 13.0. The third-order valence-electron chi connectivity index (χ3n) is 3.25. The van der Waals surface area contributed by atoms with Gasteiger partial charge < -0.3 is 15.7 Å². The summed E-state index contributed by atoms with van der Waals surface area (Å²) in [5.41, 5.74) is 3.05. The van der Waals surface area contributed by atoms with E-state index in [9.17, 15) is 4.79 Å². The van der Waals surface area contributed by atoms with E-state index < -0.39 is 0 Å². The molecule has 1 aliphatic rings. The van der Waals surface area contributed by atoms with Crippen LogP contribution in [-0.4, -0.2) is 30.2 Å². The first kappa shape index (κ1) is 12.9. The number of hydrogen-bond acceptors (Lipinski definition) is 3. The fourth-order valence-corrected chi connectivity index (χ4v) is 2.19. The van der Waals surface area contributed by atoms with Crippen LogP contribution in [0.5, 0.6) is 0 Å². The van der Waals surface area contributed by atoms with E-state index in [1.54, 1.807) is 0 Å². The molecule has 2 rings (SSSR count). The number of fused-ring (bicyclic) bond motifs is 1. The fourth-order valence-electron chi connectivity index (χ4n) is 2.19. The summed E-state index contributed by atoms with van der Waals surface area (Å²) in [4.78, 5) is 12.0. The average molecular weight is 248 g/mol. The minimum Gasteiger partial charge on any atom is -0.396 e. The largest absolute Gasteiger partial charge is 0.396 e. The monoisotopic (exact) mass is 248 g/mol. The SMILES string of the molecule is CC(CCO)NC(=O)c1ccc2c(c1)CCCN2. The molecule has 0 bridgehead atoms. The van der Waals surface area contributed by atoms with Crippen molar-refractivity contribution in [2.75, 3.05) is 18.5 Å². The number of hydrogen-bond donors (Lipinski definition) is 3. The van der Waals surface area contributed by atoms with Crippen molar-refractivity contribution in [2.45, 2.75) is 32.2 Å². The molecule has 1 heterocycles. The maximum atomic E-state index is 12.0. The van der Waals surface area contributed by atoms with Crippen LogP contribution >= 0.6 is 0 Å². The number of anilines is 1. The Balaban J connectivity index is 2.06. The summed E-state index contributed by atoms with van der Waals surface area (Å²) in [5, 5.41) is 15.0. The number of benzene rings is 1. The second kappa shape index (κ2) is 5.87. The van der Waals surface area contributed by atoms with Crippen molar-refractivity contribution in [1.82, 2.24) is 5.32 Å². The summed E-state index contributed by atoms with van der Waals surface area (Å²) in [7, 11) is 0. The maximum absolute atomic E-state index is 12.0. The number of nitrogens with one attached hydrogen (secondary N) is 2. The number of aryl methyl sites for hydroxylation is 1. The Labute approximate surface area is 107 Å². The molecule has 1 aromatic carbocycles. The van der Waals surface area contributed by atoms with Gasteiger partial charge in [0, 0.05) is 30.4 Å². The molecule has 98 valence electrons. The van der Waals surface area contributed by atoms with Gasteiger partial charge in [-0.1, -0.05) is 0 Å². The quantitative estimate of drug-likeness (QED) is 0.757. The van der Waals surface area contributed by atoms with Gasteiger partial charge in [-0.15, -0.1) is 0 Å². The van der Waals surface area contributed by atoms with E-state index in [0.29, 0.717) is 12.0 Å². The molecular weight excluding hydrogens is 228 g/mol. The molecule has 18 heavy (non-hydrogen) atoms. The Kier molecular flexibility index (Phi) is 4.20. The van der Waals surface area contributed by atoms with E-state index in [1.807, 2.05) is 25.1 Å². The standard InChI is InChI=1S/C14H20N2O2/c1-10(6-8-17)16-14(18)12-4-5-13-11(9-12)3-2-7-15-13/h4-5,9-10,15,17H,2-3,6-8H2,1H3,(H,16,18). The van der Waals surface area contributed by atoms with Crippen LogP contribution in [0.2, 0.25) is 0 Å². The highest BCUT2D eigenvalue weighted by molar-refractivity contribution is 5.95. The van der Waals surface area contributed by atoms with Gasteiger partial charge in [-0.3, -0.25) is 4.79 Å². The third kappa shape index (κ3) is 3.01. The highest BCUT2D eigenvalue weighted by atomic mass is 16.3. The minimum absolute atomic E-state index is 0.00310. The Hall–Kier alpha value is -1.55. The van der Waals surface area contributed by atoms with Gasteiger partial charge in [0.2, 0.25) is 0 Å². The van der Waals surface area contributed by atoms with E-state index >= 15 is 0 Å². The van der Waals surface area contributed by atoms with Crippen LogP contribution in [-0.2, 0) is 6.42 Å². The molecule has 0 aromatic heterocycles. The summed E-state index contributed by atoms with van der Waals surface area (Å²) in [6.45, 7) is 3.00. The van der Waals surface area contributed by atoms with Crippen LogP contribution in [0, 0.1) is 0 Å². The second-order valence-corrected chi connectivity index (χ2v) is 4.79. The smallest absolute Gasteiger partial charge is 0.251 e. The van der Waals surface area contributed by atoms with Gasteiger partial charge in [-0.25, -0.2) is 0 Å². The molecule has 1 atom stereocenters. The lowest BCUT2D eigenvalue weighted by Gasteiger charge is -2.19. The molecule has 0 fully saturated rings. The Morgan fingerprint density at radius 3 is 3.17 bits per heavy atom. The highest BCUT2D eigenvalue weighted by Crippen LogP contribution is 2.22. The molecular formula is C14H20N2O2. The topological polar surface area (TPSA) is 61.4 Å². The van der Waals surface area contributed by atoms with Crippen molar-refractivity contribution in [2.24, 2.45) is 0 Å². The van der Waals surface area contributed by atoms with Gasteiger partial charge in [-0.05, 0) is 49.9 Å². The number of carbonyl (C=O) groups is 1. The summed E-state index contributed by atoms with van der Waals surface area (Å²) < 4.78 is 0. The van der Waals surface area contributed by atoms with Crippen LogP contribution in [0.3, 0.4) is 0 Å². The molecule has 1 amide bonds. The van der Waals surface area contributed by atoms with Gasteiger partial charge in [0.1, 0.15) is 0 Å². The first-order chi connectivity index (χ1) is 8.70. The lowest BCUT2D eigenvalue weighted by Crippen LogP contribution is -2.33.